The van der Waals surface area contributed by atoms with E-state index in [0.29, 0.717) is 30.3 Å². The minimum atomic E-state index is -0.291. The number of carbonyl (C=O) groups excluding carboxylic acids is 1. The lowest BCUT2D eigenvalue weighted by Gasteiger charge is -2.19. The molecular formula is C21H26N2O4. The number of urea groups is 1. The first kappa shape index (κ1) is 18.9. The van der Waals surface area contributed by atoms with Crippen molar-refractivity contribution >= 4 is 11.7 Å². The quantitative estimate of drug-likeness (QED) is 0.728. The van der Waals surface area contributed by atoms with E-state index in [1.165, 1.54) is 24.0 Å². The fourth-order valence-corrected chi connectivity index (χ4v) is 3.30. The van der Waals surface area contributed by atoms with E-state index >= 15 is 0 Å². The van der Waals surface area contributed by atoms with Crippen molar-refractivity contribution in [3.63, 3.8) is 0 Å². The molecule has 1 aliphatic rings. The SMILES string of the molecule is COc1ccc(NC(=O)NCCOc2cccc3c2CCCC3)cc1OC. The van der Waals surface area contributed by atoms with Gasteiger partial charge in [0.25, 0.3) is 0 Å². The summed E-state index contributed by atoms with van der Waals surface area (Å²) in [5.74, 6) is 2.12. The Bertz CT molecular complexity index is 792. The van der Waals surface area contributed by atoms with Gasteiger partial charge in [0.1, 0.15) is 12.4 Å². The van der Waals surface area contributed by atoms with Gasteiger partial charge in [0.2, 0.25) is 0 Å². The Morgan fingerprint density at radius 1 is 1.00 bits per heavy atom. The van der Waals surface area contributed by atoms with Crippen LogP contribution in [0.15, 0.2) is 36.4 Å². The molecule has 0 spiro atoms. The Labute approximate surface area is 159 Å². The number of rotatable bonds is 7. The summed E-state index contributed by atoms with van der Waals surface area (Å²) in [6, 6.07) is 11.1. The number of aryl methyl sites for hydroxylation is 1. The van der Waals surface area contributed by atoms with Crippen LogP contribution in [0.5, 0.6) is 17.2 Å². The zero-order valence-corrected chi connectivity index (χ0v) is 15.8. The molecule has 0 aliphatic heterocycles. The van der Waals surface area contributed by atoms with Crippen LogP contribution in [0.3, 0.4) is 0 Å². The molecule has 0 heterocycles. The van der Waals surface area contributed by atoms with Crippen molar-refractivity contribution in [2.45, 2.75) is 25.7 Å². The van der Waals surface area contributed by atoms with Gasteiger partial charge in [-0.05, 0) is 55.0 Å². The number of anilines is 1. The Morgan fingerprint density at radius 3 is 2.63 bits per heavy atom. The molecule has 2 N–H and O–H groups in total. The molecule has 0 saturated heterocycles. The van der Waals surface area contributed by atoms with E-state index in [9.17, 15) is 4.79 Å². The summed E-state index contributed by atoms with van der Waals surface area (Å²) in [5.41, 5.74) is 3.33. The molecule has 2 aromatic carbocycles. The molecule has 0 bridgehead atoms. The molecule has 0 radical (unpaired) electrons. The maximum Gasteiger partial charge on any atom is 0.319 e. The third kappa shape index (κ3) is 4.84. The van der Waals surface area contributed by atoms with Crippen molar-refractivity contribution in [2.75, 3.05) is 32.7 Å². The van der Waals surface area contributed by atoms with Crippen LogP contribution in [0.4, 0.5) is 10.5 Å². The molecule has 0 atom stereocenters. The molecule has 6 heteroatoms. The zero-order chi connectivity index (χ0) is 19.1. The topological polar surface area (TPSA) is 68.8 Å². The lowest BCUT2D eigenvalue weighted by atomic mass is 9.91. The van der Waals surface area contributed by atoms with Crippen LogP contribution in [-0.2, 0) is 12.8 Å². The number of fused-ring (bicyclic) bond motifs is 1. The van der Waals surface area contributed by atoms with E-state index in [1.807, 2.05) is 12.1 Å². The Kier molecular flexibility index (Phi) is 6.41. The second-order valence-corrected chi connectivity index (χ2v) is 6.40. The molecule has 0 unspecified atom stereocenters. The predicted molar refractivity (Wildman–Crippen MR) is 105 cm³/mol. The number of methoxy groups -OCH3 is 2. The highest BCUT2D eigenvalue weighted by Crippen LogP contribution is 2.30. The summed E-state index contributed by atoms with van der Waals surface area (Å²) in [4.78, 5) is 12.1. The summed E-state index contributed by atoms with van der Waals surface area (Å²) in [7, 11) is 3.13. The second-order valence-electron chi connectivity index (χ2n) is 6.40. The standard InChI is InChI=1S/C21H26N2O4/c1-25-19-11-10-16(14-20(19)26-2)23-21(24)22-12-13-27-18-9-5-7-15-6-3-4-8-17(15)18/h5,7,9-11,14H,3-4,6,8,12-13H2,1-2H3,(H2,22,23,24). The molecule has 144 valence electrons. The molecule has 2 aromatic rings. The van der Waals surface area contributed by atoms with Crippen molar-refractivity contribution in [3.05, 3.63) is 47.5 Å². The van der Waals surface area contributed by atoms with Crippen LogP contribution in [0.1, 0.15) is 24.0 Å². The minimum absolute atomic E-state index is 0.291. The van der Waals surface area contributed by atoms with Gasteiger partial charge in [-0.15, -0.1) is 0 Å². The number of benzene rings is 2. The van der Waals surface area contributed by atoms with E-state index in [1.54, 1.807) is 32.4 Å². The van der Waals surface area contributed by atoms with E-state index in [-0.39, 0.29) is 6.03 Å². The minimum Gasteiger partial charge on any atom is -0.493 e. The van der Waals surface area contributed by atoms with E-state index in [4.69, 9.17) is 14.2 Å². The molecular weight excluding hydrogens is 344 g/mol. The summed E-state index contributed by atoms with van der Waals surface area (Å²) < 4.78 is 16.3. The molecule has 0 aromatic heterocycles. The van der Waals surface area contributed by atoms with Crippen molar-refractivity contribution < 1.29 is 19.0 Å². The number of nitrogens with one attached hydrogen (secondary N) is 2. The number of hydrogen-bond acceptors (Lipinski definition) is 4. The third-order valence-corrected chi connectivity index (χ3v) is 4.64. The third-order valence-electron chi connectivity index (χ3n) is 4.64. The van der Waals surface area contributed by atoms with Crippen LogP contribution in [0, 0.1) is 0 Å². The van der Waals surface area contributed by atoms with Gasteiger partial charge < -0.3 is 24.8 Å². The zero-order valence-electron chi connectivity index (χ0n) is 15.8. The molecule has 0 fully saturated rings. The van der Waals surface area contributed by atoms with Crippen molar-refractivity contribution in [1.29, 1.82) is 0 Å². The maximum atomic E-state index is 12.1. The van der Waals surface area contributed by atoms with E-state index < -0.39 is 0 Å². The fourth-order valence-electron chi connectivity index (χ4n) is 3.30. The highest BCUT2D eigenvalue weighted by molar-refractivity contribution is 5.89. The molecule has 6 nitrogen and oxygen atoms in total. The normalized spacial score (nSPS) is 12.7. The number of hydrogen-bond donors (Lipinski definition) is 2. The van der Waals surface area contributed by atoms with Gasteiger partial charge in [-0.25, -0.2) is 4.79 Å². The average Bonchev–Trinajstić information content (AvgIpc) is 2.71. The molecule has 2 amide bonds. The van der Waals surface area contributed by atoms with Crippen molar-refractivity contribution in [1.82, 2.24) is 5.32 Å². The predicted octanol–water partition coefficient (Wildman–Crippen LogP) is 3.78. The highest BCUT2D eigenvalue weighted by atomic mass is 16.5. The lowest BCUT2D eigenvalue weighted by molar-refractivity contribution is 0.247. The van der Waals surface area contributed by atoms with Crippen molar-refractivity contribution in [2.24, 2.45) is 0 Å². The van der Waals surface area contributed by atoms with Gasteiger partial charge in [-0.1, -0.05) is 12.1 Å². The molecule has 1 aliphatic carbocycles. The highest BCUT2D eigenvalue weighted by Gasteiger charge is 2.13. The second kappa shape index (κ2) is 9.16. The number of carbonyl (C=O) groups is 1. The Hall–Kier alpha value is -2.89. The van der Waals surface area contributed by atoms with Gasteiger partial charge in [0.15, 0.2) is 11.5 Å². The fraction of sp³-hybridized carbons (Fsp3) is 0.381. The Morgan fingerprint density at radius 2 is 1.81 bits per heavy atom. The van der Waals surface area contributed by atoms with E-state index in [2.05, 4.69) is 16.7 Å². The smallest absolute Gasteiger partial charge is 0.319 e. The first-order valence-electron chi connectivity index (χ1n) is 9.21. The van der Waals surface area contributed by atoms with Gasteiger partial charge in [0.05, 0.1) is 20.8 Å². The Balaban J connectivity index is 1.46. The van der Waals surface area contributed by atoms with Gasteiger partial charge in [-0.2, -0.15) is 0 Å². The van der Waals surface area contributed by atoms with Crippen LogP contribution in [0.2, 0.25) is 0 Å². The van der Waals surface area contributed by atoms with Crippen LogP contribution >= 0.6 is 0 Å². The summed E-state index contributed by atoms with van der Waals surface area (Å²) >= 11 is 0. The van der Waals surface area contributed by atoms with Gasteiger partial charge in [0, 0.05) is 11.8 Å². The van der Waals surface area contributed by atoms with Crippen molar-refractivity contribution in [3.8, 4) is 17.2 Å². The van der Waals surface area contributed by atoms with Crippen LogP contribution < -0.4 is 24.8 Å². The first-order chi connectivity index (χ1) is 13.2. The van der Waals surface area contributed by atoms with Crippen LogP contribution in [0.25, 0.3) is 0 Å². The maximum absolute atomic E-state index is 12.1. The first-order valence-corrected chi connectivity index (χ1v) is 9.21. The summed E-state index contributed by atoms with van der Waals surface area (Å²) in [6.07, 6.45) is 4.64. The average molecular weight is 370 g/mol. The number of amides is 2. The summed E-state index contributed by atoms with van der Waals surface area (Å²) in [6.45, 7) is 0.846. The number of ether oxygens (including phenoxy) is 3. The lowest BCUT2D eigenvalue weighted by Crippen LogP contribution is -2.32. The van der Waals surface area contributed by atoms with E-state index in [0.717, 1.165) is 18.6 Å². The van der Waals surface area contributed by atoms with Gasteiger partial charge in [-0.3, -0.25) is 0 Å². The van der Waals surface area contributed by atoms with Gasteiger partial charge >= 0.3 is 6.03 Å². The monoisotopic (exact) mass is 370 g/mol. The summed E-state index contributed by atoms with van der Waals surface area (Å²) in [5, 5.41) is 5.58. The van der Waals surface area contributed by atoms with Crippen LogP contribution in [-0.4, -0.2) is 33.4 Å². The largest absolute Gasteiger partial charge is 0.493 e. The molecule has 0 saturated carbocycles. The molecule has 27 heavy (non-hydrogen) atoms. The molecule has 3 rings (SSSR count).